The van der Waals surface area contributed by atoms with Gasteiger partial charge >= 0.3 is 0 Å². The molecule has 0 aliphatic rings. The van der Waals surface area contributed by atoms with Crippen LogP contribution in [-0.4, -0.2) is 5.11 Å². The zero-order valence-electron chi connectivity index (χ0n) is 10.5. The molecule has 0 aliphatic carbocycles. The van der Waals surface area contributed by atoms with Crippen molar-refractivity contribution in [2.45, 2.75) is 19.5 Å². The molecule has 2 aromatic carbocycles. The van der Waals surface area contributed by atoms with Gasteiger partial charge in [0.05, 0.1) is 5.02 Å². The van der Waals surface area contributed by atoms with Gasteiger partial charge in [0.15, 0.2) is 0 Å². The highest BCUT2D eigenvalue weighted by Gasteiger charge is 2.10. The Labute approximate surface area is 123 Å². The summed E-state index contributed by atoms with van der Waals surface area (Å²) >= 11 is 11.8. The van der Waals surface area contributed by atoms with E-state index in [2.05, 4.69) is 24.4 Å². The molecule has 2 aromatic rings. The zero-order chi connectivity index (χ0) is 13.8. The quantitative estimate of drug-likeness (QED) is 0.867. The normalized spacial score (nSPS) is 12.4. The van der Waals surface area contributed by atoms with E-state index in [1.165, 1.54) is 11.6 Å². The summed E-state index contributed by atoms with van der Waals surface area (Å²) in [4.78, 5) is 0. The second-order valence-electron chi connectivity index (χ2n) is 4.41. The van der Waals surface area contributed by atoms with E-state index < -0.39 is 0 Å². The lowest BCUT2D eigenvalue weighted by molar-refractivity contribution is 0.460. The van der Waals surface area contributed by atoms with E-state index in [-0.39, 0.29) is 16.8 Å². The van der Waals surface area contributed by atoms with E-state index in [4.69, 9.17) is 23.2 Å². The van der Waals surface area contributed by atoms with Gasteiger partial charge in [-0.25, -0.2) is 0 Å². The number of rotatable bonds is 4. The fourth-order valence-corrected chi connectivity index (χ4v) is 2.41. The molecule has 0 aliphatic heterocycles. The van der Waals surface area contributed by atoms with E-state index in [1.807, 2.05) is 18.2 Å². The minimum atomic E-state index is 0.0822. The molecule has 2 N–H and O–H groups in total. The smallest absolute Gasteiger partial charge is 0.138 e. The first-order chi connectivity index (χ1) is 9.08. The lowest BCUT2D eigenvalue weighted by Gasteiger charge is -2.15. The van der Waals surface area contributed by atoms with Crippen LogP contribution in [0.2, 0.25) is 10.0 Å². The number of hydrogen-bond donors (Lipinski definition) is 2. The van der Waals surface area contributed by atoms with E-state index in [9.17, 15) is 5.11 Å². The number of phenols is 1. The van der Waals surface area contributed by atoms with Gasteiger partial charge in [-0.05, 0) is 24.6 Å². The van der Waals surface area contributed by atoms with Crippen molar-refractivity contribution < 1.29 is 5.11 Å². The Morgan fingerprint density at radius 1 is 1.16 bits per heavy atom. The number of halogens is 2. The minimum absolute atomic E-state index is 0.0822. The Morgan fingerprint density at radius 3 is 2.53 bits per heavy atom. The van der Waals surface area contributed by atoms with E-state index >= 15 is 0 Å². The van der Waals surface area contributed by atoms with Gasteiger partial charge in [-0.2, -0.15) is 0 Å². The molecule has 0 unspecified atom stereocenters. The summed E-state index contributed by atoms with van der Waals surface area (Å²) in [6.45, 7) is 2.57. The van der Waals surface area contributed by atoms with Crippen LogP contribution in [0.25, 0.3) is 0 Å². The Hall–Kier alpha value is -1.22. The van der Waals surface area contributed by atoms with Gasteiger partial charge in [0.2, 0.25) is 0 Å². The highest BCUT2D eigenvalue weighted by Crippen LogP contribution is 2.31. The summed E-state index contributed by atoms with van der Waals surface area (Å²) in [5, 5.41) is 14.0. The molecular weight excluding hydrogens is 281 g/mol. The van der Waals surface area contributed by atoms with Crippen molar-refractivity contribution in [3.05, 3.63) is 63.6 Å². The van der Waals surface area contributed by atoms with E-state index in [0.717, 1.165) is 0 Å². The first-order valence-electron chi connectivity index (χ1n) is 6.03. The average Bonchev–Trinajstić information content (AvgIpc) is 2.41. The Morgan fingerprint density at radius 2 is 1.84 bits per heavy atom. The first kappa shape index (κ1) is 14.2. The standard InChI is InChI=1S/C15H15Cl2NO/c1-10(11-5-3-2-4-6-11)18-9-12-7-13(16)8-14(17)15(12)19/h2-8,10,18-19H,9H2,1H3/t10-/m0/s1. The second-order valence-corrected chi connectivity index (χ2v) is 5.25. The van der Waals surface area contributed by atoms with Gasteiger partial charge in [0.1, 0.15) is 5.75 Å². The third-order valence-corrected chi connectivity index (χ3v) is 3.51. The molecule has 0 amide bonds. The molecule has 0 fully saturated rings. The predicted octanol–water partition coefficient (Wildman–Crippen LogP) is 4.55. The Kier molecular flexibility index (Phi) is 4.70. The van der Waals surface area contributed by atoms with Crippen LogP contribution in [0, 0.1) is 0 Å². The number of hydrogen-bond acceptors (Lipinski definition) is 2. The molecule has 4 heteroatoms. The maximum absolute atomic E-state index is 9.87. The third kappa shape index (κ3) is 3.63. The largest absolute Gasteiger partial charge is 0.506 e. The van der Waals surface area contributed by atoms with Crippen LogP contribution in [0.4, 0.5) is 0 Å². The first-order valence-corrected chi connectivity index (χ1v) is 6.78. The molecule has 2 nitrogen and oxygen atoms in total. The molecule has 2 rings (SSSR count). The van der Waals surface area contributed by atoms with Crippen LogP contribution in [0.15, 0.2) is 42.5 Å². The van der Waals surface area contributed by atoms with Gasteiger partial charge in [-0.1, -0.05) is 53.5 Å². The highest BCUT2D eigenvalue weighted by molar-refractivity contribution is 6.35. The van der Waals surface area contributed by atoms with Gasteiger partial charge in [-0.3, -0.25) is 0 Å². The van der Waals surface area contributed by atoms with Crippen LogP contribution in [0.3, 0.4) is 0 Å². The average molecular weight is 296 g/mol. The maximum atomic E-state index is 9.87. The summed E-state index contributed by atoms with van der Waals surface area (Å²) in [6.07, 6.45) is 0. The topological polar surface area (TPSA) is 32.3 Å². The molecule has 100 valence electrons. The Balaban J connectivity index is 2.07. The van der Waals surface area contributed by atoms with E-state index in [1.54, 1.807) is 6.07 Å². The monoisotopic (exact) mass is 295 g/mol. The van der Waals surface area contributed by atoms with Crippen molar-refractivity contribution >= 4 is 23.2 Å². The number of benzene rings is 2. The summed E-state index contributed by atoms with van der Waals surface area (Å²) in [7, 11) is 0. The van der Waals surface area contributed by atoms with Gasteiger partial charge < -0.3 is 10.4 Å². The third-order valence-electron chi connectivity index (χ3n) is 3.01. The number of aromatic hydroxyl groups is 1. The summed E-state index contributed by atoms with van der Waals surface area (Å²) < 4.78 is 0. The van der Waals surface area contributed by atoms with Crippen LogP contribution in [0.5, 0.6) is 5.75 Å². The zero-order valence-corrected chi connectivity index (χ0v) is 12.0. The lowest BCUT2D eigenvalue weighted by atomic mass is 10.1. The van der Waals surface area contributed by atoms with Crippen molar-refractivity contribution in [2.75, 3.05) is 0 Å². The van der Waals surface area contributed by atoms with Gasteiger partial charge in [0, 0.05) is 23.2 Å². The van der Waals surface area contributed by atoms with Crippen molar-refractivity contribution in [3.63, 3.8) is 0 Å². The summed E-state index contributed by atoms with van der Waals surface area (Å²) in [5.74, 6) is 0.0822. The van der Waals surface area contributed by atoms with Crippen LogP contribution in [-0.2, 0) is 6.54 Å². The molecule has 0 aromatic heterocycles. The van der Waals surface area contributed by atoms with Gasteiger partial charge in [0.25, 0.3) is 0 Å². The molecule has 0 saturated heterocycles. The molecule has 1 atom stereocenters. The highest BCUT2D eigenvalue weighted by atomic mass is 35.5. The fraction of sp³-hybridized carbons (Fsp3) is 0.200. The second kappa shape index (κ2) is 6.29. The molecule has 0 saturated carbocycles. The summed E-state index contributed by atoms with van der Waals surface area (Å²) in [6, 6.07) is 13.5. The van der Waals surface area contributed by atoms with Crippen LogP contribution in [0.1, 0.15) is 24.1 Å². The molecule has 0 heterocycles. The molecule has 0 spiro atoms. The fourth-order valence-electron chi connectivity index (χ4n) is 1.88. The number of nitrogens with one attached hydrogen (secondary N) is 1. The minimum Gasteiger partial charge on any atom is -0.506 e. The molecular formula is C15H15Cl2NO. The molecule has 0 radical (unpaired) electrons. The molecule has 0 bridgehead atoms. The Bertz CT molecular complexity index is 558. The number of phenolic OH excluding ortho intramolecular Hbond substituents is 1. The van der Waals surface area contributed by atoms with Crippen molar-refractivity contribution in [3.8, 4) is 5.75 Å². The van der Waals surface area contributed by atoms with Crippen molar-refractivity contribution in [1.82, 2.24) is 5.32 Å². The SMILES string of the molecule is C[C@H](NCc1cc(Cl)cc(Cl)c1O)c1ccccc1. The maximum Gasteiger partial charge on any atom is 0.138 e. The molecule has 19 heavy (non-hydrogen) atoms. The van der Waals surface area contributed by atoms with Crippen LogP contribution < -0.4 is 5.32 Å². The van der Waals surface area contributed by atoms with Gasteiger partial charge in [-0.15, -0.1) is 0 Å². The van der Waals surface area contributed by atoms with E-state index in [0.29, 0.717) is 17.1 Å². The lowest BCUT2D eigenvalue weighted by Crippen LogP contribution is -2.18. The van der Waals surface area contributed by atoms with Crippen molar-refractivity contribution in [2.24, 2.45) is 0 Å². The van der Waals surface area contributed by atoms with Crippen molar-refractivity contribution in [1.29, 1.82) is 0 Å². The predicted molar refractivity (Wildman–Crippen MR) is 79.8 cm³/mol. The summed E-state index contributed by atoms with van der Waals surface area (Å²) in [5.41, 5.74) is 1.88. The van der Waals surface area contributed by atoms with Crippen LogP contribution >= 0.6 is 23.2 Å².